The molecule has 1 aliphatic heterocycles. The Hall–Kier alpha value is -1.06. The van der Waals surface area contributed by atoms with Gasteiger partial charge in [-0.2, -0.15) is 4.79 Å². The summed E-state index contributed by atoms with van der Waals surface area (Å²) in [6.45, 7) is 4.51. The number of rotatable bonds is 1. The molecule has 4 nitrogen and oxygen atoms in total. The highest BCUT2D eigenvalue weighted by Crippen LogP contribution is 2.14. The van der Waals surface area contributed by atoms with Gasteiger partial charge in [-0.3, -0.25) is 5.01 Å². The Labute approximate surface area is 72.2 Å². The Morgan fingerprint density at radius 3 is 2.67 bits per heavy atom. The molecule has 1 fully saturated rings. The Bertz CT molecular complexity index is 223. The largest absolute Gasteiger partial charge is 0.295 e. The molecule has 0 amide bonds. The van der Waals surface area contributed by atoms with Crippen LogP contribution in [0.4, 0.5) is 0 Å². The summed E-state index contributed by atoms with van der Waals surface area (Å²) >= 11 is 0. The van der Waals surface area contributed by atoms with Gasteiger partial charge in [0.25, 0.3) is 0 Å². The zero-order valence-corrected chi connectivity index (χ0v) is 7.35. The SMILES string of the molecule is CC1CCN(n2cncn2)CC1. The van der Waals surface area contributed by atoms with E-state index in [1.54, 1.807) is 12.7 Å². The van der Waals surface area contributed by atoms with Crippen LogP contribution in [0.25, 0.3) is 0 Å². The van der Waals surface area contributed by atoms with Gasteiger partial charge < -0.3 is 0 Å². The number of aromatic nitrogens is 3. The van der Waals surface area contributed by atoms with Gasteiger partial charge in [-0.05, 0) is 18.8 Å². The Morgan fingerprint density at radius 1 is 1.33 bits per heavy atom. The highest BCUT2D eigenvalue weighted by molar-refractivity contribution is 4.87. The summed E-state index contributed by atoms with van der Waals surface area (Å²) in [6.07, 6.45) is 5.87. The van der Waals surface area contributed by atoms with Crippen molar-refractivity contribution in [3.8, 4) is 0 Å². The monoisotopic (exact) mass is 166 g/mol. The first-order valence-corrected chi connectivity index (χ1v) is 4.46. The minimum atomic E-state index is 0.866. The third kappa shape index (κ3) is 1.42. The fourth-order valence-corrected chi connectivity index (χ4v) is 1.55. The summed E-state index contributed by atoms with van der Waals surface area (Å²) in [7, 11) is 0. The average molecular weight is 166 g/mol. The minimum absolute atomic E-state index is 0.866. The molecule has 66 valence electrons. The molecule has 0 N–H and O–H groups in total. The zero-order valence-electron chi connectivity index (χ0n) is 7.35. The van der Waals surface area contributed by atoms with Gasteiger partial charge in [-0.25, -0.2) is 4.98 Å². The number of hydrogen-bond acceptors (Lipinski definition) is 3. The predicted octanol–water partition coefficient (Wildman–Crippen LogP) is 0.646. The van der Waals surface area contributed by atoms with Crippen LogP contribution in [-0.4, -0.2) is 28.0 Å². The second-order valence-electron chi connectivity index (χ2n) is 3.45. The van der Waals surface area contributed by atoms with E-state index in [4.69, 9.17) is 0 Å². The van der Waals surface area contributed by atoms with Crippen LogP contribution in [0.15, 0.2) is 12.7 Å². The topological polar surface area (TPSA) is 34.0 Å². The maximum atomic E-state index is 4.10. The van der Waals surface area contributed by atoms with Gasteiger partial charge in [0.05, 0.1) is 0 Å². The third-order valence-corrected chi connectivity index (χ3v) is 2.46. The van der Waals surface area contributed by atoms with Gasteiger partial charge in [-0.15, -0.1) is 5.10 Å². The van der Waals surface area contributed by atoms with E-state index in [0.29, 0.717) is 0 Å². The van der Waals surface area contributed by atoms with Crippen LogP contribution < -0.4 is 5.01 Å². The molecule has 2 rings (SSSR count). The molecular formula is C8H14N4. The molecule has 1 saturated heterocycles. The third-order valence-electron chi connectivity index (χ3n) is 2.46. The molecule has 0 radical (unpaired) electrons. The molecule has 1 aliphatic rings. The summed E-state index contributed by atoms with van der Waals surface area (Å²) in [6, 6.07) is 0. The van der Waals surface area contributed by atoms with E-state index in [9.17, 15) is 0 Å². The van der Waals surface area contributed by atoms with E-state index < -0.39 is 0 Å². The number of nitrogens with zero attached hydrogens (tertiary/aromatic N) is 4. The quantitative estimate of drug-likeness (QED) is 0.614. The van der Waals surface area contributed by atoms with Crippen molar-refractivity contribution >= 4 is 0 Å². The van der Waals surface area contributed by atoms with Crippen LogP contribution in [-0.2, 0) is 0 Å². The molecule has 0 spiro atoms. The molecule has 12 heavy (non-hydrogen) atoms. The maximum absolute atomic E-state index is 4.10. The van der Waals surface area contributed by atoms with Crippen LogP contribution in [0.1, 0.15) is 19.8 Å². The molecule has 1 aromatic heterocycles. The number of piperidine rings is 1. The van der Waals surface area contributed by atoms with E-state index in [-0.39, 0.29) is 0 Å². The Balaban J connectivity index is 1.99. The van der Waals surface area contributed by atoms with Crippen molar-refractivity contribution in [1.29, 1.82) is 0 Å². The van der Waals surface area contributed by atoms with Crippen molar-refractivity contribution in [2.45, 2.75) is 19.8 Å². The Kier molecular flexibility index (Phi) is 1.98. The van der Waals surface area contributed by atoms with Crippen molar-refractivity contribution in [3.63, 3.8) is 0 Å². The highest BCUT2D eigenvalue weighted by atomic mass is 15.7. The van der Waals surface area contributed by atoms with Crippen molar-refractivity contribution in [2.75, 3.05) is 18.1 Å². The van der Waals surface area contributed by atoms with E-state index in [0.717, 1.165) is 19.0 Å². The van der Waals surface area contributed by atoms with Crippen molar-refractivity contribution in [1.82, 2.24) is 14.9 Å². The summed E-state index contributed by atoms with van der Waals surface area (Å²) in [5, 5.41) is 6.33. The Morgan fingerprint density at radius 2 is 2.08 bits per heavy atom. The molecule has 0 saturated carbocycles. The van der Waals surface area contributed by atoms with E-state index in [2.05, 4.69) is 22.0 Å². The first-order chi connectivity index (χ1) is 5.86. The van der Waals surface area contributed by atoms with E-state index >= 15 is 0 Å². The lowest BCUT2D eigenvalue weighted by Crippen LogP contribution is -2.41. The molecule has 4 heteroatoms. The lowest BCUT2D eigenvalue weighted by atomic mass is 10.0. The fourth-order valence-electron chi connectivity index (χ4n) is 1.55. The summed E-state index contributed by atoms with van der Waals surface area (Å²) in [5.41, 5.74) is 0. The van der Waals surface area contributed by atoms with Crippen LogP contribution in [0, 0.1) is 5.92 Å². The molecule has 1 aromatic rings. The minimum Gasteiger partial charge on any atom is -0.295 e. The van der Waals surface area contributed by atoms with Gasteiger partial charge >= 0.3 is 0 Å². The zero-order chi connectivity index (χ0) is 8.39. The fraction of sp³-hybridized carbons (Fsp3) is 0.750. The molecule has 2 heterocycles. The predicted molar refractivity (Wildman–Crippen MR) is 46.4 cm³/mol. The summed E-state index contributed by atoms with van der Waals surface area (Å²) < 4.78 is 0. The standard InChI is InChI=1S/C8H14N4/c1-8-2-4-11(5-3-8)12-7-9-6-10-12/h6-8H,2-5H2,1H3. The average Bonchev–Trinajstić information content (AvgIpc) is 2.58. The first kappa shape index (κ1) is 7.58. The highest BCUT2D eigenvalue weighted by Gasteiger charge is 2.15. The smallest absolute Gasteiger partial charge is 0.139 e. The second-order valence-corrected chi connectivity index (χ2v) is 3.45. The van der Waals surface area contributed by atoms with Gasteiger partial charge in [0.2, 0.25) is 0 Å². The molecule has 0 aromatic carbocycles. The maximum Gasteiger partial charge on any atom is 0.139 e. The molecular weight excluding hydrogens is 152 g/mol. The molecule has 0 bridgehead atoms. The molecule has 0 unspecified atom stereocenters. The molecule has 0 aliphatic carbocycles. The van der Waals surface area contributed by atoms with Crippen molar-refractivity contribution in [3.05, 3.63) is 12.7 Å². The normalized spacial score (nSPS) is 19.9. The molecule has 0 atom stereocenters. The lowest BCUT2D eigenvalue weighted by Gasteiger charge is -2.30. The van der Waals surface area contributed by atoms with Gasteiger partial charge in [0.1, 0.15) is 12.7 Å². The summed E-state index contributed by atoms with van der Waals surface area (Å²) in [5.74, 6) is 0.866. The van der Waals surface area contributed by atoms with Gasteiger partial charge in [0, 0.05) is 13.1 Å². The summed E-state index contributed by atoms with van der Waals surface area (Å²) in [4.78, 5) is 5.77. The second kappa shape index (κ2) is 3.13. The van der Waals surface area contributed by atoms with E-state index in [1.165, 1.54) is 12.8 Å². The van der Waals surface area contributed by atoms with Gasteiger partial charge in [0.15, 0.2) is 0 Å². The van der Waals surface area contributed by atoms with Crippen LogP contribution in [0.2, 0.25) is 0 Å². The van der Waals surface area contributed by atoms with E-state index in [1.807, 2.05) is 4.79 Å². The first-order valence-electron chi connectivity index (χ1n) is 4.46. The number of hydrogen-bond donors (Lipinski definition) is 0. The lowest BCUT2D eigenvalue weighted by molar-refractivity contribution is 0.371. The van der Waals surface area contributed by atoms with Crippen LogP contribution in [0.3, 0.4) is 0 Å². The van der Waals surface area contributed by atoms with Crippen molar-refractivity contribution in [2.24, 2.45) is 5.92 Å². The van der Waals surface area contributed by atoms with Gasteiger partial charge in [-0.1, -0.05) is 6.92 Å². The van der Waals surface area contributed by atoms with Crippen LogP contribution >= 0.6 is 0 Å². The van der Waals surface area contributed by atoms with Crippen LogP contribution in [0.5, 0.6) is 0 Å². The van der Waals surface area contributed by atoms with Crippen molar-refractivity contribution < 1.29 is 0 Å².